The Hall–Kier alpha value is -5.99. The summed E-state index contributed by atoms with van der Waals surface area (Å²) < 4.78 is 63.2. The zero-order valence-corrected chi connectivity index (χ0v) is 31.1. The number of benzene rings is 3. The van der Waals surface area contributed by atoms with Crippen LogP contribution in [0, 0.1) is 16.7 Å². The lowest BCUT2D eigenvalue weighted by Gasteiger charge is -2.27. The molecule has 0 aliphatic carbocycles. The minimum Gasteiger partial charge on any atom is -0.490 e. The van der Waals surface area contributed by atoms with Crippen molar-refractivity contribution >= 4 is 35.2 Å². The molecule has 3 aromatic rings. The van der Waals surface area contributed by atoms with Crippen LogP contribution in [0.15, 0.2) is 60.7 Å². The molecule has 0 spiro atoms. The van der Waals surface area contributed by atoms with E-state index in [2.05, 4.69) is 10.6 Å². The highest BCUT2D eigenvalue weighted by atomic mass is 19.4. The summed E-state index contributed by atoms with van der Waals surface area (Å²) in [5, 5.41) is 14.5. The Morgan fingerprint density at radius 1 is 0.930 bits per heavy atom. The molecular formula is C40H40F3N5O9. The molecule has 2 fully saturated rings. The van der Waals surface area contributed by atoms with E-state index < -0.39 is 58.5 Å². The van der Waals surface area contributed by atoms with Gasteiger partial charge in [-0.25, -0.2) is 0 Å². The van der Waals surface area contributed by atoms with E-state index in [1.54, 1.807) is 17.0 Å². The maximum Gasteiger partial charge on any atom is 0.417 e. The fourth-order valence-corrected chi connectivity index (χ4v) is 6.91. The summed E-state index contributed by atoms with van der Waals surface area (Å²) >= 11 is 0. The second kappa shape index (κ2) is 17.0. The average molecular weight is 792 g/mol. The first-order valence-corrected chi connectivity index (χ1v) is 18.2. The first-order chi connectivity index (χ1) is 27.2. The van der Waals surface area contributed by atoms with E-state index in [0.717, 1.165) is 28.3 Å². The van der Waals surface area contributed by atoms with E-state index in [0.29, 0.717) is 26.3 Å². The highest BCUT2D eigenvalue weighted by molar-refractivity contribution is 6.24. The number of amides is 5. The number of nitrogens with zero attached hydrogens (tertiary/aromatic N) is 3. The summed E-state index contributed by atoms with van der Waals surface area (Å²) in [4.78, 5) is 65.8. The number of nitriles is 1. The molecule has 2 unspecified atom stereocenters. The maximum atomic E-state index is 13.5. The molecule has 14 nitrogen and oxygen atoms in total. The molecule has 17 heteroatoms. The van der Waals surface area contributed by atoms with Crippen molar-refractivity contribution in [3.05, 3.63) is 88.5 Å². The van der Waals surface area contributed by atoms with Crippen molar-refractivity contribution in [3.8, 4) is 17.6 Å². The van der Waals surface area contributed by atoms with Gasteiger partial charge in [0.05, 0.1) is 54.8 Å². The van der Waals surface area contributed by atoms with Crippen LogP contribution in [-0.4, -0.2) is 97.6 Å². The molecule has 300 valence electrons. The summed E-state index contributed by atoms with van der Waals surface area (Å²) in [6.07, 6.45) is -5.67. The fraction of sp³-hybridized carbons (Fsp3) is 0.400. The fourth-order valence-electron chi connectivity index (χ4n) is 6.91. The average Bonchev–Trinajstić information content (AvgIpc) is 3.55. The Morgan fingerprint density at radius 2 is 1.65 bits per heavy atom. The van der Waals surface area contributed by atoms with E-state index in [-0.39, 0.29) is 67.7 Å². The van der Waals surface area contributed by atoms with E-state index in [9.17, 15) is 37.1 Å². The van der Waals surface area contributed by atoms with Gasteiger partial charge in [0.1, 0.15) is 24.1 Å². The molecule has 3 aliphatic rings. The Labute approximate surface area is 325 Å². The van der Waals surface area contributed by atoms with Gasteiger partial charge in [-0.05, 0) is 54.4 Å². The lowest BCUT2D eigenvalue weighted by Crippen LogP contribution is -2.54. The highest BCUT2D eigenvalue weighted by Crippen LogP contribution is 2.38. The highest BCUT2D eigenvalue weighted by Gasteiger charge is 2.49. The minimum atomic E-state index is -4.75. The molecule has 3 heterocycles. The van der Waals surface area contributed by atoms with Crippen LogP contribution in [0.5, 0.6) is 11.5 Å². The molecular weight excluding hydrogens is 751 g/mol. The topological polar surface area (TPSA) is 177 Å². The normalized spacial score (nSPS) is 19.1. The number of anilines is 1. The maximum absolute atomic E-state index is 13.5. The zero-order chi connectivity index (χ0) is 40.9. The first kappa shape index (κ1) is 40.7. The predicted octanol–water partition coefficient (Wildman–Crippen LogP) is 4.32. The number of alkyl halides is 3. The van der Waals surface area contributed by atoms with Crippen LogP contribution in [0.1, 0.15) is 64.1 Å². The SMILES string of the molecule is CC1(C)CN(Cc2ccc(NCCOCCOCCOc3cccc4c3C(=O)N(C3CCC(=O)NC3=O)C4=O)cc2)C(=O)C1Oc1ccc(C#N)c(C(F)(F)F)c1. The van der Waals surface area contributed by atoms with Crippen molar-refractivity contribution in [1.29, 1.82) is 5.26 Å². The molecule has 2 atom stereocenters. The second-order valence-corrected chi connectivity index (χ2v) is 14.3. The monoisotopic (exact) mass is 791 g/mol. The van der Waals surface area contributed by atoms with E-state index >= 15 is 0 Å². The van der Waals surface area contributed by atoms with Crippen molar-refractivity contribution in [2.24, 2.45) is 5.41 Å². The van der Waals surface area contributed by atoms with Gasteiger partial charge in [0.25, 0.3) is 17.7 Å². The van der Waals surface area contributed by atoms with Gasteiger partial charge < -0.3 is 29.2 Å². The van der Waals surface area contributed by atoms with Gasteiger partial charge in [0.2, 0.25) is 11.8 Å². The quantitative estimate of drug-likeness (QED) is 0.156. The molecule has 3 aromatic carbocycles. The number of likely N-dealkylation sites (tertiary alicyclic amines) is 1. The molecule has 2 N–H and O–H groups in total. The minimum absolute atomic E-state index is 0.0262. The lowest BCUT2D eigenvalue weighted by molar-refractivity contribution is -0.138. The lowest BCUT2D eigenvalue weighted by atomic mass is 9.89. The summed E-state index contributed by atoms with van der Waals surface area (Å²) in [6, 6.07) is 15.6. The molecule has 0 aromatic heterocycles. The number of nitrogens with one attached hydrogen (secondary N) is 2. The standard InChI is InChI=1S/C40H40F3N5O9/c1-39(2)23-47(38(53)34(39)57-27-11-8-25(21-44)29(20-27)40(41,42)43)22-24-6-9-26(10-7-24)45-14-15-54-16-17-55-18-19-56-31-5-3-4-28-33(31)37(52)48(36(28)51)30-12-13-32(49)46-35(30)50/h3-11,20,30,34,45H,12-19,22-23H2,1-2H3,(H,46,49,50). The smallest absolute Gasteiger partial charge is 0.417 e. The number of imide groups is 2. The zero-order valence-electron chi connectivity index (χ0n) is 31.1. The molecule has 5 amide bonds. The molecule has 0 radical (unpaired) electrons. The molecule has 0 saturated carbocycles. The van der Waals surface area contributed by atoms with Crippen molar-refractivity contribution in [1.82, 2.24) is 15.1 Å². The van der Waals surface area contributed by atoms with E-state index in [1.165, 1.54) is 18.2 Å². The van der Waals surface area contributed by atoms with Gasteiger partial charge in [-0.2, -0.15) is 18.4 Å². The Bertz CT molecular complexity index is 2080. The Morgan fingerprint density at radius 3 is 2.35 bits per heavy atom. The number of carbonyl (C=O) groups excluding carboxylic acids is 5. The first-order valence-electron chi connectivity index (χ1n) is 18.2. The summed E-state index contributed by atoms with van der Waals surface area (Å²) in [5.41, 5.74) is -0.451. The second-order valence-electron chi connectivity index (χ2n) is 14.3. The van der Waals surface area contributed by atoms with Crippen LogP contribution < -0.4 is 20.1 Å². The predicted molar refractivity (Wildman–Crippen MR) is 195 cm³/mol. The van der Waals surface area contributed by atoms with Crippen LogP contribution in [-0.2, 0) is 36.6 Å². The van der Waals surface area contributed by atoms with Crippen molar-refractivity contribution in [2.45, 2.75) is 51.6 Å². The number of rotatable bonds is 16. The van der Waals surface area contributed by atoms with Crippen molar-refractivity contribution < 1.29 is 56.1 Å². The largest absolute Gasteiger partial charge is 0.490 e. The molecule has 0 bridgehead atoms. The van der Waals surface area contributed by atoms with Gasteiger partial charge in [-0.1, -0.05) is 32.0 Å². The Kier molecular flexibility index (Phi) is 12.1. The third-order valence-electron chi connectivity index (χ3n) is 9.70. The molecule has 57 heavy (non-hydrogen) atoms. The van der Waals surface area contributed by atoms with Crippen LogP contribution in [0.3, 0.4) is 0 Å². The van der Waals surface area contributed by atoms with Crippen molar-refractivity contribution in [2.75, 3.05) is 51.4 Å². The van der Waals surface area contributed by atoms with Gasteiger partial charge in [0, 0.05) is 37.2 Å². The van der Waals surface area contributed by atoms with Crippen LogP contribution >= 0.6 is 0 Å². The molecule has 3 aliphatic heterocycles. The summed E-state index contributed by atoms with van der Waals surface area (Å²) in [7, 11) is 0. The van der Waals surface area contributed by atoms with E-state index in [4.69, 9.17) is 24.2 Å². The van der Waals surface area contributed by atoms with Gasteiger partial charge in [-0.3, -0.25) is 34.2 Å². The summed E-state index contributed by atoms with van der Waals surface area (Å²) in [5.74, 6) is -2.69. The number of fused-ring (bicyclic) bond motifs is 1. The van der Waals surface area contributed by atoms with E-state index in [1.807, 2.05) is 38.1 Å². The third-order valence-corrected chi connectivity index (χ3v) is 9.70. The van der Waals surface area contributed by atoms with Crippen LogP contribution in [0.25, 0.3) is 0 Å². The van der Waals surface area contributed by atoms with Gasteiger partial charge >= 0.3 is 6.18 Å². The molecule has 6 rings (SSSR count). The number of carbonyl (C=O) groups is 5. The van der Waals surface area contributed by atoms with Crippen LogP contribution in [0.4, 0.5) is 18.9 Å². The third kappa shape index (κ3) is 9.19. The van der Waals surface area contributed by atoms with Gasteiger partial charge in [0.15, 0.2) is 6.10 Å². The number of piperidine rings is 1. The summed E-state index contributed by atoms with van der Waals surface area (Å²) in [6.45, 7) is 6.01. The van der Waals surface area contributed by atoms with Gasteiger partial charge in [-0.15, -0.1) is 0 Å². The number of ether oxygens (including phenoxy) is 4. The number of hydrogen-bond acceptors (Lipinski definition) is 11. The van der Waals surface area contributed by atoms with Crippen molar-refractivity contribution in [3.63, 3.8) is 0 Å². The number of halogens is 3. The molecule has 2 saturated heterocycles. The van der Waals surface area contributed by atoms with Crippen LogP contribution in [0.2, 0.25) is 0 Å². The Balaban J connectivity index is 0.873. The number of hydrogen-bond donors (Lipinski definition) is 2.